The molecule has 0 saturated heterocycles. The van der Waals surface area contributed by atoms with Gasteiger partial charge in [-0.25, -0.2) is 0 Å². The van der Waals surface area contributed by atoms with E-state index in [0.717, 1.165) is 11.3 Å². The van der Waals surface area contributed by atoms with Gasteiger partial charge in [-0.2, -0.15) is 8.78 Å². The maximum Gasteiger partial charge on any atom is 0.285 e. The third-order valence-corrected chi connectivity index (χ3v) is 3.44. The monoisotopic (exact) mass is 291 g/mol. The third-order valence-electron chi connectivity index (χ3n) is 3.44. The van der Waals surface area contributed by atoms with Crippen LogP contribution in [0.15, 0.2) is 54.6 Å². The van der Waals surface area contributed by atoms with E-state index in [1.54, 1.807) is 25.3 Å². The van der Waals surface area contributed by atoms with Crippen LogP contribution in [0.3, 0.4) is 0 Å². The highest BCUT2D eigenvalue weighted by Gasteiger charge is 2.31. The smallest absolute Gasteiger partial charge is 0.285 e. The van der Waals surface area contributed by atoms with Crippen LogP contribution in [0.5, 0.6) is 5.75 Å². The van der Waals surface area contributed by atoms with Gasteiger partial charge in [0.25, 0.3) is 5.92 Å². The van der Waals surface area contributed by atoms with Crippen molar-refractivity contribution in [2.45, 2.75) is 18.9 Å². The van der Waals surface area contributed by atoms with E-state index in [-0.39, 0.29) is 11.6 Å². The molecular weight excluding hydrogens is 272 g/mol. The fourth-order valence-electron chi connectivity index (χ4n) is 2.08. The number of halogens is 2. The predicted molar refractivity (Wildman–Crippen MR) is 79.7 cm³/mol. The fraction of sp³-hybridized carbons (Fsp3) is 0.294. The first-order chi connectivity index (χ1) is 10.0. The quantitative estimate of drug-likeness (QED) is 0.863. The Labute approximate surface area is 123 Å². The minimum Gasteiger partial charge on any atom is -0.497 e. The highest BCUT2D eigenvalue weighted by molar-refractivity contribution is 5.29. The van der Waals surface area contributed by atoms with Crippen molar-refractivity contribution in [2.24, 2.45) is 0 Å². The molecule has 0 amide bonds. The van der Waals surface area contributed by atoms with Gasteiger partial charge in [-0.05, 0) is 24.6 Å². The molecule has 0 saturated carbocycles. The lowest BCUT2D eigenvalue weighted by Crippen LogP contribution is -2.32. The molecule has 2 nitrogen and oxygen atoms in total. The van der Waals surface area contributed by atoms with Crippen molar-refractivity contribution in [2.75, 3.05) is 13.7 Å². The summed E-state index contributed by atoms with van der Waals surface area (Å²) in [4.78, 5) is 0. The number of benzene rings is 2. The molecule has 0 aliphatic carbocycles. The lowest BCUT2D eigenvalue weighted by molar-refractivity contribution is -0.00534. The molecule has 0 heterocycles. The second-order valence-electron chi connectivity index (χ2n) is 4.95. The topological polar surface area (TPSA) is 21.3 Å². The summed E-state index contributed by atoms with van der Waals surface area (Å²) in [7, 11) is 1.59. The highest BCUT2D eigenvalue weighted by atomic mass is 19.3. The first-order valence-corrected chi connectivity index (χ1v) is 6.83. The molecular formula is C17H19F2NO. The number of hydrogen-bond acceptors (Lipinski definition) is 2. The molecule has 0 fully saturated rings. The summed E-state index contributed by atoms with van der Waals surface area (Å²) in [6, 6.07) is 15.1. The van der Waals surface area contributed by atoms with Gasteiger partial charge in [-0.15, -0.1) is 0 Å². The van der Waals surface area contributed by atoms with Crippen LogP contribution in [0.1, 0.15) is 24.1 Å². The maximum absolute atomic E-state index is 14.1. The van der Waals surface area contributed by atoms with E-state index in [1.165, 1.54) is 12.1 Å². The molecule has 0 aliphatic rings. The highest BCUT2D eigenvalue weighted by Crippen LogP contribution is 2.28. The molecule has 1 N–H and O–H groups in total. The van der Waals surface area contributed by atoms with Crippen LogP contribution in [0.25, 0.3) is 0 Å². The number of rotatable bonds is 6. The Morgan fingerprint density at radius 3 is 2.24 bits per heavy atom. The second kappa shape index (κ2) is 6.68. The lowest BCUT2D eigenvalue weighted by Gasteiger charge is -2.21. The second-order valence-corrected chi connectivity index (χ2v) is 4.95. The Morgan fingerprint density at radius 1 is 1.05 bits per heavy atom. The van der Waals surface area contributed by atoms with Crippen LogP contribution >= 0.6 is 0 Å². The number of hydrogen-bond donors (Lipinski definition) is 1. The SMILES string of the molecule is COc1ccc(C(C)NCC(F)(F)c2ccccc2)cc1. The van der Waals surface area contributed by atoms with Crippen LogP contribution < -0.4 is 10.1 Å². The van der Waals surface area contributed by atoms with E-state index in [4.69, 9.17) is 4.74 Å². The van der Waals surface area contributed by atoms with Gasteiger partial charge in [0.15, 0.2) is 0 Å². The number of methoxy groups -OCH3 is 1. The van der Waals surface area contributed by atoms with Gasteiger partial charge in [0.05, 0.1) is 13.7 Å². The Morgan fingerprint density at radius 2 is 1.67 bits per heavy atom. The molecule has 21 heavy (non-hydrogen) atoms. The standard InChI is InChI=1S/C17H19F2NO/c1-13(14-8-10-16(21-2)11-9-14)20-12-17(18,19)15-6-4-3-5-7-15/h3-11,13,20H,12H2,1-2H3. The molecule has 0 radical (unpaired) electrons. The molecule has 0 aliphatic heterocycles. The molecule has 2 aromatic rings. The Bertz CT molecular complexity index is 555. The van der Waals surface area contributed by atoms with Gasteiger partial charge in [0, 0.05) is 11.6 Å². The third kappa shape index (κ3) is 4.02. The van der Waals surface area contributed by atoms with E-state index in [1.807, 2.05) is 31.2 Å². The summed E-state index contributed by atoms with van der Waals surface area (Å²) in [5.41, 5.74) is 0.971. The van der Waals surface area contributed by atoms with Crippen LogP contribution in [0, 0.1) is 0 Å². The minimum absolute atomic E-state index is 0.0273. The van der Waals surface area contributed by atoms with Crippen LogP contribution in [-0.4, -0.2) is 13.7 Å². The van der Waals surface area contributed by atoms with E-state index < -0.39 is 12.5 Å². The number of alkyl halides is 2. The average molecular weight is 291 g/mol. The van der Waals surface area contributed by atoms with Gasteiger partial charge in [0.2, 0.25) is 0 Å². The zero-order chi connectivity index (χ0) is 15.3. The summed E-state index contributed by atoms with van der Waals surface area (Å²) in [6.45, 7) is 1.47. The normalized spacial score (nSPS) is 13.0. The molecule has 4 heteroatoms. The zero-order valence-corrected chi connectivity index (χ0v) is 12.1. The predicted octanol–water partition coefficient (Wildman–Crippen LogP) is 4.14. The summed E-state index contributed by atoms with van der Waals surface area (Å²) in [5, 5.41) is 2.88. The summed E-state index contributed by atoms with van der Waals surface area (Å²) < 4.78 is 33.2. The molecule has 1 atom stereocenters. The maximum atomic E-state index is 14.1. The van der Waals surface area contributed by atoms with Crippen LogP contribution in [0.2, 0.25) is 0 Å². The van der Waals surface area contributed by atoms with Crippen molar-refractivity contribution >= 4 is 0 Å². The van der Waals surface area contributed by atoms with Crippen molar-refractivity contribution in [3.05, 3.63) is 65.7 Å². The molecule has 2 aromatic carbocycles. The first-order valence-electron chi connectivity index (χ1n) is 6.83. The van der Waals surface area contributed by atoms with Crippen molar-refractivity contribution in [1.29, 1.82) is 0 Å². The van der Waals surface area contributed by atoms with E-state index >= 15 is 0 Å². The summed E-state index contributed by atoms with van der Waals surface area (Å²) in [5.74, 6) is -2.14. The Kier molecular flexibility index (Phi) is 4.91. The largest absolute Gasteiger partial charge is 0.497 e. The molecule has 1 unspecified atom stereocenters. The van der Waals surface area contributed by atoms with Crippen molar-refractivity contribution in [3.63, 3.8) is 0 Å². The van der Waals surface area contributed by atoms with Gasteiger partial charge in [-0.1, -0.05) is 42.5 Å². The Balaban J connectivity index is 1.98. The van der Waals surface area contributed by atoms with Crippen molar-refractivity contribution in [3.8, 4) is 5.75 Å². The van der Waals surface area contributed by atoms with Gasteiger partial charge >= 0.3 is 0 Å². The number of ether oxygens (including phenoxy) is 1. The Hall–Kier alpha value is -1.94. The molecule has 0 aromatic heterocycles. The summed E-state index contributed by atoms with van der Waals surface area (Å²) >= 11 is 0. The number of nitrogens with one attached hydrogen (secondary N) is 1. The zero-order valence-electron chi connectivity index (χ0n) is 12.1. The van der Waals surface area contributed by atoms with E-state index in [2.05, 4.69) is 5.32 Å². The van der Waals surface area contributed by atoms with Crippen LogP contribution in [-0.2, 0) is 5.92 Å². The van der Waals surface area contributed by atoms with Crippen molar-refractivity contribution in [1.82, 2.24) is 5.32 Å². The van der Waals surface area contributed by atoms with E-state index in [0.29, 0.717) is 0 Å². The molecule has 0 spiro atoms. The lowest BCUT2D eigenvalue weighted by atomic mass is 10.1. The van der Waals surface area contributed by atoms with Crippen LogP contribution in [0.4, 0.5) is 8.78 Å². The van der Waals surface area contributed by atoms with Crippen molar-refractivity contribution < 1.29 is 13.5 Å². The molecule has 112 valence electrons. The molecule has 0 bridgehead atoms. The minimum atomic E-state index is -2.89. The molecule has 2 rings (SSSR count). The summed E-state index contributed by atoms with van der Waals surface area (Å²) in [6.07, 6.45) is 0. The average Bonchev–Trinajstić information content (AvgIpc) is 2.53. The van der Waals surface area contributed by atoms with Gasteiger partial charge < -0.3 is 10.1 Å². The van der Waals surface area contributed by atoms with E-state index in [9.17, 15) is 8.78 Å². The fourth-order valence-corrected chi connectivity index (χ4v) is 2.08. The van der Waals surface area contributed by atoms with Gasteiger partial charge in [-0.3, -0.25) is 0 Å². The first kappa shape index (κ1) is 15.4. The van der Waals surface area contributed by atoms with Gasteiger partial charge in [0.1, 0.15) is 5.75 Å².